The molecule has 1 aliphatic carbocycles. The lowest BCUT2D eigenvalue weighted by Gasteiger charge is -2.43. The van der Waals surface area contributed by atoms with Crippen LogP contribution in [0.15, 0.2) is 12.2 Å². The second-order valence-electron chi connectivity index (χ2n) is 6.36. The van der Waals surface area contributed by atoms with E-state index >= 15 is 0 Å². The lowest BCUT2D eigenvalue weighted by atomic mass is 9.90. The highest BCUT2D eigenvalue weighted by Crippen LogP contribution is 2.70. The third-order valence-electron chi connectivity index (χ3n) is 4.15. The molecule has 1 aliphatic rings. The Morgan fingerprint density at radius 1 is 0.500 bits per heavy atom. The molecule has 0 aliphatic heterocycles. The Balaban J connectivity index is 4.38. The summed E-state index contributed by atoms with van der Waals surface area (Å²) in [5.41, 5.74) is -1.62. The van der Waals surface area contributed by atoms with Gasteiger partial charge in [0, 0.05) is 5.57 Å². The van der Waals surface area contributed by atoms with Crippen LogP contribution in [-0.2, 0) is 9.53 Å². The highest BCUT2D eigenvalue weighted by atomic mass is 19.4. The second-order valence-corrected chi connectivity index (χ2v) is 6.36. The van der Waals surface area contributed by atoms with Gasteiger partial charge in [-0.25, -0.2) is 4.79 Å². The fourth-order valence-electron chi connectivity index (χ4n) is 2.13. The minimum absolute atomic E-state index is 0.179. The summed E-state index contributed by atoms with van der Waals surface area (Å²) in [6, 6.07) is 0. The molecule has 0 atom stereocenters. The van der Waals surface area contributed by atoms with Crippen LogP contribution in [0.3, 0.4) is 0 Å². The molecule has 0 saturated heterocycles. The lowest BCUT2D eigenvalue weighted by Crippen LogP contribution is -2.75. The van der Waals surface area contributed by atoms with Gasteiger partial charge in [-0.1, -0.05) is 6.58 Å². The smallest absolute Gasteiger partial charge is 0.391 e. The number of carbonyl (C=O) groups excluding carboxylic acids is 1. The molecule has 1 fully saturated rings. The SMILES string of the molecule is C=C(C)C(=O)OC1(F)C(F)(F)C(F)(F)C(F)(F)C(F)(F)C(F)(F)C(F)(F)C(F)(F)C1(F)F. The molecule has 1 rings (SSSR count). The minimum Gasteiger partial charge on any atom is -0.413 e. The summed E-state index contributed by atoms with van der Waals surface area (Å²) in [6.45, 7) is 2.52. The molecule has 0 radical (unpaired) electrons. The summed E-state index contributed by atoms with van der Waals surface area (Å²) in [4.78, 5) is 11.1. The first-order chi connectivity index (χ1) is 13.6. The largest absolute Gasteiger partial charge is 0.413 e. The standard InChI is InChI=1S/C13H5F17O2/c1-3(2)4(31)32-13(30)11(26,27)9(22,23)7(18,19)5(14,15)6(16,17)8(20,21)10(24,25)12(13,28)29/h1H2,2H3. The molecular weight excluding hydrogens is 511 g/mol. The van der Waals surface area contributed by atoms with Crippen molar-refractivity contribution in [3.05, 3.63) is 12.2 Å². The van der Waals surface area contributed by atoms with Crippen molar-refractivity contribution in [2.24, 2.45) is 0 Å². The molecular formula is C13H5F17O2. The van der Waals surface area contributed by atoms with Gasteiger partial charge in [0.15, 0.2) is 0 Å². The van der Waals surface area contributed by atoms with Gasteiger partial charge in [-0.05, 0) is 6.92 Å². The average molecular weight is 516 g/mol. The first kappa shape index (κ1) is 28.1. The van der Waals surface area contributed by atoms with Crippen molar-refractivity contribution in [2.75, 3.05) is 0 Å². The predicted molar refractivity (Wildman–Crippen MR) is 64.3 cm³/mol. The molecule has 0 N–H and O–H groups in total. The molecule has 188 valence electrons. The van der Waals surface area contributed by atoms with Gasteiger partial charge in [0.1, 0.15) is 0 Å². The van der Waals surface area contributed by atoms with Crippen LogP contribution >= 0.6 is 0 Å². The maximum absolute atomic E-state index is 14.4. The first-order valence-corrected chi connectivity index (χ1v) is 7.18. The summed E-state index contributed by atoms with van der Waals surface area (Å²) in [7, 11) is 0. The summed E-state index contributed by atoms with van der Waals surface area (Å²) >= 11 is 0. The average Bonchev–Trinajstić information content (AvgIpc) is 2.58. The Kier molecular flexibility index (Phi) is 5.73. The van der Waals surface area contributed by atoms with Gasteiger partial charge in [-0.15, -0.1) is 0 Å². The number of halogens is 17. The Hall–Kier alpha value is -1.98. The van der Waals surface area contributed by atoms with Gasteiger partial charge in [0.05, 0.1) is 0 Å². The van der Waals surface area contributed by atoms with Crippen molar-refractivity contribution in [3.63, 3.8) is 0 Å². The van der Waals surface area contributed by atoms with Crippen molar-refractivity contribution in [3.8, 4) is 0 Å². The highest BCUT2D eigenvalue weighted by molar-refractivity contribution is 5.87. The Bertz CT molecular complexity index is 761. The molecule has 0 aromatic carbocycles. The van der Waals surface area contributed by atoms with E-state index in [9.17, 15) is 79.4 Å². The zero-order chi connectivity index (χ0) is 26.4. The molecule has 1 saturated carbocycles. The number of alkyl halides is 17. The Morgan fingerprint density at radius 2 is 0.688 bits per heavy atom. The molecule has 0 heterocycles. The van der Waals surface area contributed by atoms with E-state index in [0.29, 0.717) is 0 Å². The number of esters is 1. The summed E-state index contributed by atoms with van der Waals surface area (Å²) in [5, 5.41) is 0. The highest BCUT2D eigenvalue weighted by Gasteiger charge is 3.03. The maximum atomic E-state index is 14.4. The van der Waals surface area contributed by atoms with Crippen molar-refractivity contribution in [1.82, 2.24) is 0 Å². The second kappa shape index (κ2) is 6.54. The van der Waals surface area contributed by atoms with E-state index in [1.807, 2.05) is 0 Å². The summed E-state index contributed by atoms with van der Waals surface area (Å²) in [5.74, 6) is -80.0. The van der Waals surface area contributed by atoms with E-state index in [-0.39, 0.29) is 6.92 Å². The van der Waals surface area contributed by atoms with E-state index in [1.54, 1.807) is 0 Å². The predicted octanol–water partition coefficient (Wildman–Crippen LogP) is 5.87. The fraction of sp³-hybridized carbons (Fsp3) is 0.769. The number of hydrogen-bond donors (Lipinski definition) is 0. The third-order valence-corrected chi connectivity index (χ3v) is 4.15. The number of rotatable bonds is 2. The number of ether oxygens (including phenoxy) is 1. The molecule has 19 heteroatoms. The van der Waals surface area contributed by atoms with Crippen LogP contribution in [0.5, 0.6) is 0 Å². The van der Waals surface area contributed by atoms with Gasteiger partial charge in [0.25, 0.3) is 0 Å². The van der Waals surface area contributed by atoms with E-state index in [0.717, 1.165) is 0 Å². The molecule has 0 amide bonds. The molecule has 0 bridgehead atoms. The maximum Gasteiger partial charge on any atom is 0.391 e. The number of hydrogen-bond acceptors (Lipinski definition) is 2. The monoisotopic (exact) mass is 516 g/mol. The first-order valence-electron chi connectivity index (χ1n) is 7.18. The van der Waals surface area contributed by atoms with E-state index in [2.05, 4.69) is 11.3 Å². The van der Waals surface area contributed by atoms with E-state index < -0.39 is 64.8 Å². The van der Waals surface area contributed by atoms with Gasteiger partial charge in [-0.3, -0.25) is 0 Å². The lowest BCUT2D eigenvalue weighted by molar-refractivity contribution is -0.456. The normalized spacial score (nSPS) is 30.2. The van der Waals surface area contributed by atoms with Crippen LogP contribution < -0.4 is 0 Å². The zero-order valence-electron chi connectivity index (χ0n) is 14.4. The molecule has 0 unspecified atom stereocenters. The minimum atomic E-state index is -8.65. The van der Waals surface area contributed by atoms with E-state index in [4.69, 9.17) is 0 Å². The van der Waals surface area contributed by atoms with Gasteiger partial charge in [0.2, 0.25) is 0 Å². The number of carbonyl (C=O) groups is 1. The van der Waals surface area contributed by atoms with Crippen molar-refractivity contribution in [1.29, 1.82) is 0 Å². The van der Waals surface area contributed by atoms with Crippen LogP contribution in [0.25, 0.3) is 0 Å². The topological polar surface area (TPSA) is 26.3 Å². The Labute approximate surface area is 164 Å². The van der Waals surface area contributed by atoms with Gasteiger partial charge >= 0.3 is 59.2 Å². The quantitative estimate of drug-likeness (QED) is 0.261. The third kappa shape index (κ3) is 2.64. The zero-order valence-corrected chi connectivity index (χ0v) is 14.4. The van der Waals surface area contributed by atoms with Crippen molar-refractivity contribution in [2.45, 2.75) is 60.2 Å². The van der Waals surface area contributed by atoms with Crippen LogP contribution in [0.4, 0.5) is 74.6 Å². The van der Waals surface area contributed by atoms with Crippen LogP contribution in [0, 0.1) is 0 Å². The fourth-order valence-corrected chi connectivity index (χ4v) is 2.13. The molecule has 2 nitrogen and oxygen atoms in total. The molecule has 0 spiro atoms. The van der Waals surface area contributed by atoms with E-state index in [1.165, 1.54) is 0 Å². The molecule has 0 aromatic rings. The summed E-state index contributed by atoms with van der Waals surface area (Å²) < 4.78 is 234. The molecule has 32 heavy (non-hydrogen) atoms. The van der Waals surface area contributed by atoms with Crippen LogP contribution in [-0.4, -0.2) is 59.2 Å². The van der Waals surface area contributed by atoms with Gasteiger partial charge in [-0.2, -0.15) is 74.6 Å². The van der Waals surface area contributed by atoms with Gasteiger partial charge < -0.3 is 4.74 Å². The summed E-state index contributed by atoms with van der Waals surface area (Å²) in [6.07, 6.45) is 0. The van der Waals surface area contributed by atoms with Crippen LogP contribution in [0.2, 0.25) is 0 Å². The molecule has 0 aromatic heterocycles. The van der Waals surface area contributed by atoms with Crippen LogP contribution in [0.1, 0.15) is 6.92 Å². The van der Waals surface area contributed by atoms with Crippen molar-refractivity contribution >= 4 is 5.97 Å². The van der Waals surface area contributed by atoms with Crippen molar-refractivity contribution < 1.29 is 84.2 Å². The Morgan fingerprint density at radius 3 is 0.875 bits per heavy atom.